The van der Waals surface area contributed by atoms with E-state index in [1.807, 2.05) is 31.4 Å². The Bertz CT molecular complexity index is 2360. The molecular formula is C45H45Cl2N7O7. The Labute approximate surface area is 364 Å². The van der Waals surface area contributed by atoms with Gasteiger partial charge in [0.15, 0.2) is 5.78 Å². The molecular weight excluding hydrogens is 821 g/mol. The van der Waals surface area contributed by atoms with E-state index >= 15 is 0 Å². The van der Waals surface area contributed by atoms with E-state index < -0.39 is 35.9 Å². The summed E-state index contributed by atoms with van der Waals surface area (Å²) in [6.45, 7) is 20.8. The number of carboxylic acids is 1. The third-order valence-corrected chi connectivity index (χ3v) is 10.3. The van der Waals surface area contributed by atoms with E-state index in [9.17, 15) is 29.4 Å². The molecule has 0 fully saturated rings. The van der Waals surface area contributed by atoms with Gasteiger partial charge in [0.1, 0.15) is 0 Å². The maximum Gasteiger partial charge on any atom is 0.309 e. The summed E-state index contributed by atoms with van der Waals surface area (Å²) < 4.78 is 0. The Morgan fingerprint density at radius 3 is 1.48 bits per heavy atom. The van der Waals surface area contributed by atoms with Crippen molar-refractivity contribution in [3.8, 4) is 12.1 Å². The third kappa shape index (κ3) is 14.6. The molecule has 0 saturated carbocycles. The summed E-state index contributed by atoms with van der Waals surface area (Å²) in [6.07, 6.45) is -0.253. The Hall–Kier alpha value is -6.62. The highest BCUT2D eigenvalue weighted by Crippen LogP contribution is 2.34. The normalized spacial score (nSPS) is 12.0. The maximum atomic E-state index is 12.7. The lowest BCUT2D eigenvalue weighted by molar-refractivity contribution is -0.145. The van der Waals surface area contributed by atoms with Gasteiger partial charge in [-0.15, -0.1) is 0 Å². The fourth-order valence-corrected chi connectivity index (χ4v) is 6.67. The number of carbonyl (C=O) groups excluding carboxylic acids is 3. The lowest BCUT2D eigenvalue weighted by Gasteiger charge is -2.21. The van der Waals surface area contributed by atoms with Gasteiger partial charge in [-0.25, -0.2) is 15.5 Å². The number of benzene rings is 4. The van der Waals surface area contributed by atoms with Crippen LogP contribution in [0.25, 0.3) is 9.69 Å². The summed E-state index contributed by atoms with van der Waals surface area (Å²) in [5.41, 5.74) is 7.62. The summed E-state index contributed by atoms with van der Waals surface area (Å²) >= 11 is 12.4. The summed E-state index contributed by atoms with van der Waals surface area (Å²) in [4.78, 5) is 53.7. The standard InChI is InChI=1S/C23H22ClN3O3.C14H16ClNO3.C8H7N3O/c1-4-18-17(9-10-20(26-3)22(18)24)11-19(14(2)28)23(30)27-13-21(29)16-7-5-15(12-25)6-8-16;1-4-10-9(5-6-12(16-3)13(10)15)7-11(8(2)17)14(18)19;9-5-6-1-3-7(4-2-6)8(12)11-10/h5-10,14,19,28H,4,11,13H2,1-2H3,(H,27,30);5-6,8,11,17H,4,7H2,1-2H3,(H,18,19);1-4H,10H2,(H,11,12)/t14-,19-;8-,11-;/m11./s1. The fraction of sp³-hybridized carbons (Fsp3) is 0.289. The predicted molar refractivity (Wildman–Crippen MR) is 231 cm³/mol. The minimum absolute atomic E-state index is 0.203. The molecule has 4 aromatic rings. The number of nitrogen functional groups attached to an aromatic ring is 1. The van der Waals surface area contributed by atoms with Crippen molar-refractivity contribution in [2.45, 2.75) is 65.6 Å². The third-order valence-electron chi connectivity index (χ3n) is 9.45. The number of hydrazine groups is 1. The van der Waals surface area contributed by atoms with Gasteiger partial charge in [-0.2, -0.15) is 10.5 Å². The second-order valence-corrected chi connectivity index (χ2v) is 14.2. The van der Waals surface area contributed by atoms with Crippen LogP contribution in [-0.2, 0) is 35.3 Å². The highest BCUT2D eigenvalue weighted by molar-refractivity contribution is 6.34. The van der Waals surface area contributed by atoms with Crippen LogP contribution in [0.3, 0.4) is 0 Å². The molecule has 61 heavy (non-hydrogen) atoms. The van der Waals surface area contributed by atoms with Gasteiger partial charge in [-0.05, 0) is 98.2 Å². The number of ketones is 1. The Morgan fingerprint density at radius 1 is 0.721 bits per heavy atom. The number of Topliss-reactive ketones (excluding diaryl/α,β-unsaturated/α-hetero) is 1. The average Bonchev–Trinajstić information content (AvgIpc) is 3.26. The largest absolute Gasteiger partial charge is 0.481 e. The highest BCUT2D eigenvalue weighted by atomic mass is 35.5. The molecule has 0 aliphatic heterocycles. The summed E-state index contributed by atoms with van der Waals surface area (Å²) in [5, 5.41) is 49.4. The molecule has 0 aliphatic carbocycles. The Kier molecular flexibility index (Phi) is 20.8. The van der Waals surface area contributed by atoms with Crippen LogP contribution in [0.5, 0.6) is 0 Å². The van der Waals surface area contributed by atoms with E-state index in [1.54, 1.807) is 48.5 Å². The van der Waals surface area contributed by atoms with E-state index in [0.717, 1.165) is 22.3 Å². The molecule has 7 N–H and O–H groups in total. The highest BCUT2D eigenvalue weighted by Gasteiger charge is 2.27. The predicted octanol–water partition coefficient (Wildman–Crippen LogP) is 7.10. The van der Waals surface area contributed by atoms with Crippen LogP contribution in [0.15, 0.2) is 72.8 Å². The first-order chi connectivity index (χ1) is 29.0. The molecule has 0 spiro atoms. The number of carbonyl (C=O) groups is 4. The van der Waals surface area contributed by atoms with Crippen molar-refractivity contribution >= 4 is 58.1 Å². The number of hydrogen-bond acceptors (Lipinski definition) is 9. The average molecular weight is 867 g/mol. The number of aliphatic hydroxyl groups excluding tert-OH is 2. The van der Waals surface area contributed by atoms with Crippen molar-refractivity contribution in [2.24, 2.45) is 17.7 Å². The van der Waals surface area contributed by atoms with Gasteiger partial charge in [0.05, 0.1) is 77.0 Å². The number of carboxylic acid groups (broad SMARTS) is 1. The van der Waals surface area contributed by atoms with Crippen molar-refractivity contribution in [1.82, 2.24) is 10.7 Å². The molecule has 0 bridgehead atoms. The van der Waals surface area contributed by atoms with E-state index in [2.05, 4.69) is 15.0 Å². The van der Waals surface area contributed by atoms with Gasteiger partial charge >= 0.3 is 5.97 Å². The number of nitrogens with two attached hydrogens (primary N) is 1. The number of aliphatic hydroxyl groups is 2. The smallest absolute Gasteiger partial charge is 0.309 e. The van der Waals surface area contributed by atoms with Crippen molar-refractivity contribution in [2.75, 3.05) is 6.54 Å². The summed E-state index contributed by atoms with van der Waals surface area (Å²) in [6, 6.07) is 22.9. The summed E-state index contributed by atoms with van der Waals surface area (Å²) in [5.74, 6) is 1.11. The molecule has 0 aliphatic rings. The molecule has 4 aromatic carbocycles. The zero-order valence-electron chi connectivity index (χ0n) is 33.9. The number of nitrogens with zero attached hydrogens (tertiary/aromatic N) is 4. The first-order valence-electron chi connectivity index (χ1n) is 18.8. The van der Waals surface area contributed by atoms with Crippen LogP contribution in [0.2, 0.25) is 10.0 Å². The number of rotatable bonds is 14. The van der Waals surface area contributed by atoms with E-state index in [-0.39, 0.29) is 31.1 Å². The molecule has 316 valence electrons. The van der Waals surface area contributed by atoms with Gasteiger partial charge < -0.3 is 20.6 Å². The van der Waals surface area contributed by atoms with E-state index in [1.165, 1.54) is 38.1 Å². The molecule has 2 amide bonds. The second-order valence-electron chi connectivity index (χ2n) is 13.4. The zero-order valence-corrected chi connectivity index (χ0v) is 35.4. The van der Waals surface area contributed by atoms with Crippen LogP contribution in [-0.4, -0.2) is 57.6 Å². The monoisotopic (exact) mass is 865 g/mol. The number of nitriles is 2. The number of amides is 2. The number of nitrogens with one attached hydrogen (secondary N) is 2. The number of halogens is 2. The summed E-state index contributed by atoms with van der Waals surface area (Å²) in [7, 11) is 0. The molecule has 0 unspecified atom stereocenters. The van der Waals surface area contributed by atoms with Crippen molar-refractivity contribution in [3.63, 3.8) is 0 Å². The molecule has 16 heteroatoms. The van der Waals surface area contributed by atoms with Gasteiger partial charge in [0.2, 0.25) is 17.3 Å². The Balaban J connectivity index is 0.000000351. The van der Waals surface area contributed by atoms with Gasteiger partial charge in [0, 0.05) is 11.1 Å². The lowest BCUT2D eigenvalue weighted by atomic mass is 9.90. The van der Waals surface area contributed by atoms with Gasteiger partial charge in [-0.3, -0.25) is 24.6 Å². The first kappa shape index (κ1) is 50.5. The van der Waals surface area contributed by atoms with E-state index in [0.29, 0.717) is 56.5 Å². The van der Waals surface area contributed by atoms with Crippen molar-refractivity contribution in [3.05, 3.63) is 150 Å². The van der Waals surface area contributed by atoms with Crippen LogP contribution < -0.4 is 16.6 Å². The van der Waals surface area contributed by atoms with Crippen LogP contribution in [0.4, 0.5) is 11.4 Å². The van der Waals surface area contributed by atoms with Gasteiger partial charge in [0.25, 0.3) is 5.91 Å². The Morgan fingerprint density at radius 2 is 1.13 bits per heavy atom. The van der Waals surface area contributed by atoms with Crippen LogP contribution in [0.1, 0.15) is 81.8 Å². The van der Waals surface area contributed by atoms with Crippen molar-refractivity contribution < 1.29 is 34.5 Å². The van der Waals surface area contributed by atoms with Crippen molar-refractivity contribution in [1.29, 1.82) is 10.5 Å². The minimum Gasteiger partial charge on any atom is -0.481 e. The van der Waals surface area contributed by atoms with Gasteiger partial charge in [-0.1, -0.05) is 73.4 Å². The number of hydrogen-bond donors (Lipinski definition) is 6. The number of aliphatic carboxylic acids is 1. The molecule has 14 nitrogen and oxygen atoms in total. The van der Waals surface area contributed by atoms with Crippen LogP contribution in [0, 0.1) is 47.6 Å². The van der Waals surface area contributed by atoms with Crippen LogP contribution >= 0.6 is 23.2 Å². The quantitative estimate of drug-likeness (QED) is 0.0247. The topological polar surface area (TPSA) is 235 Å². The molecule has 4 atom stereocenters. The SMILES string of the molecule is N#Cc1ccc(C(=O)NN)cc1.[C-]#[N+]c1ccc(C[C@@H](C(=O)NCC(=O)c2ccc(C#N)cc2)[C@@H](C)O)c(CC)c1Cl.[C-]#[N+]c1ccc(C[C@@H](C(=O)O)[C@@H](C)O)c(CC)c1Cl. The van der Waals surface area contributed by atoms with E-state index in [4.69, 9.17) is 57.8 Å². The zero-order chi connectivity index (χ0) is 45.8. The fourth-order valence-electron chi connectivity index (χ4n) is 5.95. The molecule has 0 heterocycles. The molecule has 0 aromatic heterocycles. The molecule has 0 radical (unpaired) electrons. The maximum absolute atomic E-state index is 12.7. The molecule has 0 saturated heterocycles. The second kappa shape index (κ2) is 25.1. The molecule has 4 rings (SSSR count). The minimum atomic E-state index is -1.04. The lowest BCUT2D eigenvalue weighted by Crippen LogP contribution is -2.40. The first-order valence-corrected chi connectivity index (χ1v) is 19.5.